The smallest absolute Gasteiger partial charge is 0.317 e. The number of aliphatic carboxylic acids is 1. The summed E-state index contributed by atoms with van der Waals surface area (Å²) in [6.07, 6.45) is 0.884. The van der Waals surface area contributed by atoms with Crippen molar-refractivity contribution in [2.75, 3.05) is 13.1 Å². The summed E-state index contributed by atoms with van der Waals surface area (Å²) >= 11 is 0. The standard InChI is InChI=1S/C10H17N3O2/c1-8-6-9(2)13(12-8)5-3-4-11-7-10(14)15/h6,11H,3-5,7H2,1-2H3,(H,14,15). The van der Waals surface area contributed by atoms with Gasteiger partial charge >= 0.3 is 5.97 Å². The molecule has 0 atom stereocenters. The van der Waals surface area contributed by atoms with Crippen LogP contribution < -0.4 is 5.32 Å². The normalized spacial score (nSPS) is 10.5. The van der Waals surface area contributed by atoms with Gasteiger partial charge in [0, 0.05) is 12.2 Å². The summed E-state index contributed by atoms with van der Waals surface area (Å²) in [5.41, 5.74) is 2.16. The Morgan fingerprint density at radius 2 is 2.33 bits per heavy atom. The van der Waals surface area contributed by atoms with E-state index in [9.17, 15) is 4.79 Å². The van der Waals surface area contributed by atoms with Crippen LogP contribution in [0.25, 0.3) is 0 Å². The first-order valence-corrected chi connectivity index (χ1v) is 5.03. The lowest BCUT2D eigenvalue weighted by Gasteiger charge is -2.04. The van der Waals surface area contributed by atoms with Crippen LogP contribution in [0.1, 0.15) is 17.8 Å². The maximum Gasteiger partial charge on any atom is 0.317 e. The molecule has 0 aliphatic heterocycles. The van der Waals surface area contributed by atoms with E-state index < -0.39 is 5.97 Å². The van der Waals surface area contributed by atoms with Gasteiger partial charge in [0.05, 0.1) is 12.2 Å². The second-order valence-corrected chi connectivity index (χ2v) is 3.57. The summed E-state index contributed by atoms with van der Waals surface area (Å²) in [6.45, 7) is 5.53. The molecule has 1 rings (SSSR count). The molecule has 15 heavy (non-hydrogen) atoms. The Balaban J connectivity index is 2.20. The van der Waals surface area contributed by atoms with Crippen molar-refractivity contribution in [1.82, 2.24) is 15.1 Å². The molecular formula is C10H17N3O2. The summed E-state index contributed by atoms with van der Waals surface area (Å²) in [6, 6.07) is 2.03. The highest BCUT2D eigenvalue weighted by atomic mass is 16.4. The maximum atomic E-state index is 10.2. The van der Waals surface area contributed by atoms with Crippen molar-refractivity contribution >= 4 is 5.97 Å². The van der Waals surface area contributed by atoms with Crippen LogP contribution in [0.2, 0.25) is 0 Å². The molecule has 1 aromatic heterocycles. The minimum Gasteiger partial charge on any atom is -0.480 e. The number of nitrogens with zero attached hydrogens (tertiary/aromatic N) is 2. The third kappa shape index (κ3) is 4.12. The molecule has 5 heteroatoms. The van der Waals surface area contributed by atoms with E-state index in [4.69, 9.17) is 5.11 Å². The van der Waals surface area contributed by atoms with Gasteiger partial charge in [0.2, 0.25) is 0 Å². The Kier molecular flexibility index (Phi) is 4.30. The van der Waals surface area contributed by atoms with Crippen LogP contribution in [0.3, 0.4) is 0 Å². The molecule has 0 unspecified atom stereocenters. The molecule has 2 N–H and O–H groups in total. The summed E-state index contributed by atoms with van der Waals surface area (Å²) in [5.74, 6) is -0.818. The maximum absolute atomic E-state index is 10.2. The number of nitrogens with one attached hydrogen (secondary N) is 1. The molecule has 0 radical (unpaired) electrons. The lowest BCUT2D eigenvalue weighted by Crippen LogP contribution is -2.24. The van der Waals surface area contributed by atoms with Gasteiger partial charge in [-0.1, -0.05) is 0 Å². The van der Waals surface area contributed by atoms with E-state index in [1.165, 1.54) is 0 Å². The summed E-state index contributed by atoms with van der Waals surface area (Å²) in [4.78, 5) is 10.2. The van der Waals surface area contributed by atoms with E-state index in [0.29, 0.717) is 6.54 Å². The molecule has 0 aliphatic carbocycles. The quantitative estimate of drug-likeness (QED) is 0.675. The van der Waals surface area contributed by atoms with E-state index in [1.54, 1.807) is 0 Å². The van der Waals surface area contributed by atoms with Gasteiger partial charge in [-0.25, -0.2) is 0 Å². The Bertz CT molecular complexity index is 333. The van der Waals surface area contributed by atoms with Crippen LogP contribution in [-0.2, 0) is 11.3 Å². The molecule has 0 spiro atoms. The van der Waals surface area contributed by atoms with Gasteiger partial charge in [0.25, 0.3) is 0 Å². The molecule has 0 aliphatic rings. The van der Waals surface area contributed by atoms with Gasteiger partial charge in [-0.3, -0.25) is 9.48 Å². The average Bonchev–Trinajstić information content (AvgIpc) is 2.44. The van der Waals surface area contributed by atoms with Crippen molar-refractivity contribution in [2.24, 2.45) is 0 Å². The monoisotopic (exact) mass is 211 g/mol. The van der Waals surface area contributed by atoms with Crippen LogP contribution in [0, 0.1) is 13.8 Å². The van der Waals surface area contributed by atoms with Crippen molar-refractivity contribution in [3.8, 4) is 0 Å². The van der Waals surface area contributed by atoms with Crippen LogP contribution in [0.15, 0.2) is 6.07 Å². The minimum absolute atomic E-state index is 0.0249. The van der Waals surface area contributed by atoms with Crippen LogP contribution >= 0.6 is 0 Å². The molecule has 1 heterocycles. The average molecular weight is 211 g/mol. The van der Waals surface area contributed by atoms with E-state index in [-0.39, 0.29) is 6.54 Å². The summed E-state index contributed by atoms with van der Waals surface area (Å²) in [5, 5.41) is 15.6. The molecule has 0 bridgehead atoms. The van der Waals surface area contributed by atoms with Gasteiger partial charge in [-0.15, -0.1) is 0 Å². The first-order valence-electron chi connectivity index (χ1n) is 5.03. The molecule has 0 aromatic carbocycles. The highest BCUT2D eigenvalue weighted by Crippen LogP contribution is 2.01. The second-order valence-electron chi connectivity index (χ2n) is 3.57. The molecule has 5 nitrogen and oxygen atoms in total. The Hall–Kier alpha value is -1.36. The van der Waals surface area contributed by atoms with Crippen molar-refractivity contribution in [3.05, 3.63) is 17.5 Å². The van der Waals surface area contributed by atoms with Crippen molar-refractivity contribution < 1.29 is 9.90 Å². The van der Waals surface area contributed by atoms with E-state index >= 15 is 0 Å². The highest BCUT2D eigenvalue weighted by Gasteiger charge is 2.00. The summed E-state index contributed by atoms with van der Waals surface area (Å²) < 4.78 is 1.94. The predicted molar refractivity (Wildman–Crippen MR) is 56.8 cm³/mol. The molecule has 1 aromatic rings. The third-order valence-electron chi connectivity index (χ3n) is 2.10. The van der Waals surface area contributed by atoms with Crippen LogP contribution in [0.4, 0.5) is 0 Å². The van der Waals surface area contributed by atoms with Gasteiger partial charge in [0.1, 0.15) is 0 Å². The van der Waals surface area contributed by atoms with Crippen molar-refractivity contribution in [1.29, 1.82) is 0 Å². The molecule has 0 saturated carbocycles. The topological polar surface area (TPSA) is 67.2 Å². The van der Waals surface area contributed by atoms with Crippen LogP contribution in [-0.4, -0.2) is 33.9 Å². The molecular weight excluding hydrogens is 194 g/mol. The zero-order valence-corrected chi connectivity index (χ0v) is 9.16. The highest BCUT2D eigenvalue weighted by molar-refractivity contribution is 5.68. The van der Waals surface area contributed by atoms with Gasteiger partial charge in [0.15, 0.2) is 0 Å². The predicted octanol–water partition coefficient (Wildman–Crippen LogP) is 0.564. The van der Waals surface area contributed by atoms with Gasteiger partial charge in [-0.2, -0.15) is 5.10 Å². The van der Waals surface area contributed by atoms with Crippen molar-refractivity contribution in [3.63, 3.8) is 0 Å². The molecule has 84 valence electrons. The van der Waals surface area contributed by atoms with Crippen LogP contribution in [0.5, 0.6) is 0 Å². The largest absolute Gasteiger partial charge is 0.480 e. The van der Waals surface area contributed by atoms with Gasteiger partial charge < -0.3 is 10.4 Å². The number of aryl methyl sites for hydroxylation is 3. The fourth-order valence-electron chi connectivity index (χ4n) is 1.45. The first-order chi connectivity index (χ1) is 7.09. The number of carbonyl (C=O) groups is 1. The summed E-state index contributed by atoms with van der Waals surface area (Å²) in [7, 11) is 0. The number of aromatic nitrogens is 2. The van der Waals surface area contributed by atoms with E-state index in [2.05, 4.69) is 10.4 Å². The van der Waals surface area contributed by atoms with Gasteiger partial charge in [-0.05, 0) is 32.9 Å². The number of rotatable bonds is 6. The number of carboxylic acids is 1. The lowest BCUT2D eigenvalue weighted by atomic mass is 10.4. The number of hydrogen-bond acceptors (Lipinski definition) is 3. The Labute approximate surface area is 89.1 Å². The number of carboxylic acid groups (broad SMARTS) is 1. The van der Waals surface area contributed by atoms with Crippen molar-refractivity contribution in [2.45, 2.75) is 26.8 Å². The minimum atomic E-state index is -0.818. The zero-order chi connectivity index (χ0) is 11.3. The van der Waals surface area contributed by atoms with E-state index in [0.717, 1.165) is 24.4 Å². The molecule has 0 saturated heterocycles. The second kappa shape index (κ2) is 5.50. The molecule has 0 amide bonds. The Morgan fingerprint density at radius 3 is 2.87 bits per heavy atom. The fraction of sp³-hybridized carbons (Fsp3) is 0.600. The SMILES string of the molecule is Cc1cc(C)n(CCCNCC(=O)O)n1. The molecule has 0 fully saturated rings. The Morgan fingerprint density at radius 1 is 1.60 bits per heavy atom. The lowest BCUT2D eigenvalue weighted by molar-refractivity contribution is -0.135. The fourth-order valence-corrected chi connectivity index (χ4v) is 1.45. The first kappa shape index (κ1) is 11.7. The number of hydrogen-bond donors (Lipinski definition) is 2. The third-order valence-corrected chi connectivity index (χ3v) is 2.10. The zero-order valence-electron chi connectivity index (χ0n) is 9.16. The van der Waals surface area contributed by atoms with E-state index in [1.807, 2.05) is 24.6 Å².